The van der Waals surface area contributed by atoms with E-state index in [0.29, 0.717) is 12.3 Å². The van der Waals surface area contributed by atoms with E-state index in [9.17, 15) is 9.59 Å². The van der Waals surface area contributed by atoms with Crippen LogP contribution in [0, 0.1) is 17.3 Å². The third-order valence-corrected chi connectivity index (χ3v) is 6.34. The molecule has 5 heteroatoms. The SMILES string of the molecule is CC(=O)N[C@@H]1C[C@H](C(C)(C)C)O[C@H](C[C@@H](OC(C)=O)C2CCCCC2)[C@H]1C. The quantitative estimate of drug-likeness (QED) is 0.724. The van der Waals surface area contributed by atoms with E-state index in [0.717, 1.165) is 19.3 Å². The molecule has 1 amide bonds. The Morgan fingerprint density at radius 2 is 1.78 bits per heavy atom. The fourth-order valence-corrected chi connectivity index (χ4v) is 4.66. The van der Waals surface area contributed by atoms with Gasteiger partial charge in [-0.2, -0.15) is 0 Å². The smallest absolute Gasteiger partial charge is 0.302 e. The van der Waals surface area contributed by atoms with Gasteiger partial charge < -0.3 is 14.8 Å². The topological polar surface area (TPSA) is 64.6 Å². The standard InChI is InChI=1S/C22H39NO4/c1-14-18(23-15(2)24)12-21(22(4,5)6)27-19(14)13-20(26-16(3)25)17-10-8-7-9-11-17/h14,17-21H,7-13H2,1-6H3,(H,23,24)/t14-,18+,19+,20+,21+/m0/s1. The normalized spacial score (nSPS) is 31.2. The molecular formula is C22H39NO4. The van der Waals surface area contributed by atoms with Gasteiger partial charge in [-0.15, -0.1) is 0 Å². The number of hydrogen-bond acceptors (Lipinski definition) is 4. The van der Waals surface area contributed by atoms with Gasteiger partial charge in [-0.05, 0) is 30.6 Å². The molecule has 0 spiro atoms. The highest BCUT2D eigenvalue weighted by atomic mass is 16.5. The van der Waals surface area contributed by atoms with Crippen molar-refractivity contribution in [1.82, 2.24) is 5.32 Å². The lowest BCUT2D eigenvalue weighted by Gasteiger charge is -2.46. The molecule has 2 fully saturated rings. The molecule has 0 unspecified atom stereocenters. The molecule has 1 heterocycles. The van der Waals surface area contributed by atoms with Crippen molar-refractivity contribution >= 4 is 11.9 Å². The number of ether oxygens (including phenoxy) is 2. The maximum Gasteiger partial charge on any atom is 0.302 e. The zero-order chi connectivity index (χ0) is 20.2. The average Bonchev–Trinajstić information content (AvgIpc) is 2.56. The van der Waals surface area contributed by atoms with E-state index < -0.39 is 0 Å². The minimum absolute atomic E-state index is 0.00310. The Morgan fingerprint density at radius 3 is 2.30 bits per heavy atom. The largest absolute Gasteiger partial charge is 0.462 e. The number of hydrogen-bond donors (Lipinski definition) is 1. The Morgan fingerprint density at radius 1 is 1.15 bits per heavy atom. The van der Waals surface area contributed by atoms with Crippen LogP contribution in [0.5, 0.6) is 0 Å². The maximum absolute atomic E-state index is 11.7. The number of carbonyl (C=O) groups excluding carboxylic acids is 2. The van der Waals surface area contributed by atoms with Gasteiger partial charge in [0.25, 0.3) is 0 Å². The molecule has 0 aromatic rings. The zero-order valence-corrected chi connectivity index (χ0v) is 18.0. The monoisotopic (exact) mass is 381 g/mol. The van der Waals surface area contributed by atoms with Crippen LogP contribution in [-0.2, 0) is 19.1 Å². The van der Waals surface area contributed by atoms with Crippen molar-refractivity contribution < 1.29 is 19.1 Å². The molecule has 1 saturated heterocycles. The van der Waals surface area contributed by atoms with Gasteiger partial charge in [0.05, 0.1) is 12.2 Å². The number of nitrogens with one attached hydrogen (secondary N) is 1. The lowest BCUT2D eigenvalue weighted by Crippen LogP contribution is -2.54. The molecule has 1 aliphatic heterocycles. The van der Waals surface area contributed by atoms with E-state index >= 15 is 0 Å². The van der Waals surface area contributed by atoms with Crippen molar-refractivity contribution in [3.63, 3.8) is 0 Å². The first-order valence-electron chi connectivity index (χ1n) is 10.7. The van der Waals surface area contributed by atoms with E-state index in [4.69, 9.17) is 9.47 Å². The molecule has 5 nitrogen and oxygen atoms in total. The highest BCUT2D eigenvalue weighted by molar-refractivity contribution is 5.73. The van der Waals surface area contributed by atoms with Gasteiger partial charge in [-0.1, -0.05) is 47.0 Å². The van der Waals surface area contributed by atoms with E-state index in [1.165, 1.54) is 26.2 Å². The summed E-state index contributed by atoms with van der Waals surface area (Å²) in [6, 6.07) is 0.0924. The van der Waals surface area contributed by atoms with E-state index in [1.54, 1.807) is 6.92 Å². The second kappa shape index (κ2) is 9.40. The first-order chi connectivity index (χ1) is 12.6. The second-order valence-electron chi connectivity index (χ2n) is 9.71. The third-order valence-electron chi connectivity index (χ3n) is 6.34. The molecule has 5 atom stereocenters. The van der Waals surface area contributed by atoms with E-state index in [-0.39, 0.29) is 47.6 Å². The first-order valence-corrected chi connectivity index (χ1v) is 10.7. The van der Waals surface area contributed by atoms with Gasteiger partial charge in [0.1, 0.15) is 6.10 Å². The van der Waals surface area contributed by atoms with Crippen molar-refractivity contribution in [3.05, 3.63) is 0 Å². The summed E-state index contributed by atoms with van der Waals surface area (Å²) in [5.41, 5.74) is -0.00310. The molecule has 156 valence electrons. The summed E-state index contributed by atoms with van der Waals surface area (Å²) in [5.74, 6) is 0.408. The van der Waals surface area contributed by atoms with Crippen molar-refractivity contribution in [2.75, 3.05) is 0 Å². The summed E-state index contributed by atoms with van der Waals surface area (Å²) in [6.07, 6.45) is 7.43. The van der Waals surface area contributed by atoms with Crippen LogP contribution in [0.25, 0.3) is 0 Å². The number of esters is 1. The van der Waals surface area contributed by atoms with Crippen molar-refractivity contribution in [2.45, 2.75) is 111 Å². The van der Waals surface area contributed by atoms with Crippen LogP contribution in [0.4, 0.5) is 0 Å². The van der Waals surface area contributed by atoms with E-state index in [1.807, 2.05) is 0 Å². The molecule has 2 aliphatic rings. The fraction of sp³-hybridized carbons (Fsp3) is 0.909. The summed E-state index contributed by atoms with van der Waals surface area (Å²) in [4.78, 5) is 23.4. The summed E-state index contributed by atoms with van der Waals surface area (Å²) < 4.78 is 12.3. The van der Waals surface area contributed by atoms with Gasteiger partial charge in [0.2, 0.25) is 5.91 Å². The zero-order valence-electron chi connectivity index (χ0n) is 18.0. The molecule has 1 aliphatic carbocycles. The van der Waals surface area contributed by atoms with Crippen LogP contribution in [-0.4, -0.2) is 36.2 Å². The Hall–Kier alpha value is -1.10. The average molecular weight is 382 g/mol. The van der Waals surface area contributed by atoms with E-state index in [2.05, 4.69) is 33.0 Å². The van der Waals surface area contributed by atoms with Gasteiger partial charge in [-0.25, -0.2) is 0 Å². The van der Waals surface area contributed by atoms with Crippen molar-refractivity contribution in [3.8, 4) is 0 Å². The van der Waals surface area contributed by atoms with Crippen LogP contribution >= 0.6 is 0 Å². The molecule has 1 N–H and O–H groups in total. The number of rotatable bonds is 5. The molecule has 2 rings (SSSR count). The van der Waals surface area contributed by atoms with Crippen LogP contribution < -0.4 is 5.32 Å². The predicted octanol–water partition coefficient (Wildman–Crippen LogP) is 4.23. The summed E-state index contributed by atoms with van der Waals surface area (Å²) >= 11 is 0. The minimum Gasteiger partial charge on any atom is -0.462 e. The Balaban J connectivity index is 2.16. The maximum atomic E-state index is 11.7. The lowest BCUT2D eigenvalue weighted by molar-refractivity contribution is -0.166. The number of carbonyl (C=O) groups is 2. The minimum atomic E-state index is -0.209. The highest BCUT2D eigenvalue weighted by Crippen LogP contribution is 2.39. The lowest BCUT2D eigenvalue weighted by atomic mass is 9.76. The third kappa shape index (κ3) is 6.48. The highest BCUT2D eigenvalue weighted by Gasteiger charge is 2.43. The predicted molar refractivity (Wildman–Crippen MR) is 106 cm³/mol. The van der Waals surface area contributed by atoms with Gasteiger partial charge >= 0.3 is 5.97 Å². The second-order valence-corrected chi connectivity index (χ2v) is 9.71. The molecular weight excluding hydrogens is 342 g/mol. The fourth-order valence-electron chi connectivity index (χ4n) is 4.66. The van der Waals surface area contributed by atoms with Gasteiger partial charge in [0, 0.05) is 32.2 Å². The van der Waals surface area contributed by atoms with Gasteiger partial charge in [-0.3, -0.25) is 9.59 Å². The molecule has 0 aromatic carbocycles. The van der Waals surface area contributed by atoms with Crippen molar-refractivity contribution in [1.29, 1.82) is 0 Å². The summed E-state index contributed by atoms with van der Waals surface area (Å²) in [7, 11) is 0. The van der Waals surface area contributed by atoms with Crippen LogP contribution in [0.15, 0.2) is 0 Å². The Kier molecular flexibility index (Phi) is 7.73. The molecule has 0 bridgehead atoms. The van der Waals surface area contributed by atoms with Crippen molar-refractivity contribution in [2.24, 2.45) is 17.3 Å². The number of amides is 1. The Bertz CT molecular complexity index is 507. The molecule has 27 heavy (non-hydrogen) atoms. The molecule has 0 aromatic heterocycles. The van der Waals surface area contributed by atoms with Gasteiger partial charge in [0.15, 0.2) is 0 Å². The summed E-state index contributed by atoms with van der Waals surface area (Å²) in [5, 5.41) is 3.13. The summed E-state index contributed by atoms with van der Waals surface area (Å²) in [6.45, 7) is 11.8. The first kappa shape index (κ1) is 22.2. The van der Waals surface area contributed by atoms with Crippen LogP contribution in [0.3, 0.4) is 0 Å². The molecule has 1 saturated carbocycles. The molecule has 0 radical (unpaired) electrons. The van der Waals surface area contributed by atoms with Crippen LogP contribution in [0.1, 0.15) is 86.5 Å². The Labute approximate surface area is 164 Å². The van der Waals surface area contributed by atoms with Crippen LogP contribution in [0.2, 0.25) is 0 Å².